The van der Waals surface area contributed by atoms with Crippen LogP contribution >= 0.6 is 0 Å². The molecule has 1 aliphatic rings. The number of benzene rings is 1. The molecular weight excluding hydrogens is 300 g/mol. The summed E-state index contributed by atoms with van der Waals surface area (Å²) in [5.41, 5.74) is 0.921. The van der Waals surface area contributed by atoms with Crippen molar-refractivity contribution in [2.45, 2.75) is 13.1 Å². The smallest absolute Gasteiger partial charge is 0.294 e. The lowest BCUT2D eigenvalue weighted by molar-refractivity contribution is 0.0685. The van der Waals surface area contributed by atoms with Gasteiger partial charge in [0.25, 0.3) is 0 Å². The van der Waals surface area contributed by atoms with Gasteiger partial charge in [-0.25, -0.2) is 13.4 Å². The molecule has 2 aromatic rings. The number of alkyl halides is 2. The lowest BCUT2D eigenvalue weighted by Crippen LogP contribution is -2.40. The van der Waals surface area contributed by atoms with Crippen LogP contribution in [0.15, 0.2) is 24.3 Å². The Morgan fingerprint density at radius 3 is 2.52 bits per heavy atom. The van der Waals surface area contributed by atoms with E-state index in [0.717, 1.165) is 4.57 Å². The Morgan fingerprint density at radius 1 is 1.19 bits per heavy atom. The first kappa shape index (κ1) is 14.4. The molecule has 0 amide bonds. The number of hydrogen-bond acceptors (Lipinski definition) is 4. The van der Waals surface area contributed by atoms with Crippen molar-refractivity contribution in [2.24, 2.45) is 0 Å². The number of fused-ring (bicyclic) bond motifs is 1. The molecule has 8 heteroatoms. The van der Waals surface area contributed by atoms with E-state index in [0.29, 0.717) is 24.1 Å². The number of nitrogens with zero attached hydrogens (tertiary/aromatic N) is 3. The van der Waals surface area contributed by atoms with Crippen LogP contribution in [0.4, 0.5) is 8.78 Å². The highest BCUT2D eigenvalue weighted by Crippen LogP contribution is 2.24. The van der Waals surface area contributed by atoms with Gasteiger partial charge in [-0.3, -0.25) is 9.47 Å². The quantitative estimate of drug-likeness (QED) is 0.864. The molecule has 0 aliphatic carbocycles. The van der Waals surface area contributed by atoms with Gasteiger partial charge >= 0.3 is 6.55 Å². The highest BCUT2D eigenvalue weighted by atomic mass is 32.2. The van der Waals surface area contributed by atoms with Crippen LogP contribution < -0.4 is 0 Å². The van der Waals surface area contributed by atoms with Crippen LogP contribution in [0.1, 0.15) is 12.4 Å². The van der Waals surface area contributed by atoms with Crippen molar-refractivity contribution in [3.05, 3.63) is 30.1 Å². The standard InChI is InChI=1S/C13H15F2N3O2S/c14-13(15)18-11-4-2-1-3-10(11)16-12(18)9-17-5-7-21(19,20)8-6-17/h1-4,13H,5-9H2. The third kappa shape index (κ3) is 2.91. The molecule has 0 radical (unpaired) electrons. The van der Waals surface area contributed by atoms with Crippen LogP contribution in [0.25, 0.3) is 11.0 Å². The minimum Gasteiger partial charge on any atom is -0.294 e. The molecule has 1 aliphatic heterocycles. The first-order valence-corrected chi connectivity index (χ1v) is 8.45. The normalized spacial score (nSPS) is 19.4. The Kier molecular flexibility index (Phi) is 3.66. The summed E-state index contributed by atoms with van der Waals surface area (Å²) >= 11 is 0. The van der Waals surface area contributed by atoms with E-state index in [4.69, 9.17) is 0 Å². The molecule has 5 nitrogen and oxygen atoms in total. The Hall–Kier alpha value is -1.54. The molecule has 1 fully saturated rings. The van der Waals surface area contributed by atoms with E-state index in [1.165, 1.54) is 0 Å². The van der Waals surface area contributed by atoms with Crippen molar-refractivity contribution in [1.82, 2.24) is 14.5 Å². The van der Waals surface area contributed by atoms with Crippen molar-refractivity contribution < 1.29 is 17.2 Å². The Balaban J connectivity index is 1.89. The Bertz CT molecular complexity index is 744. The summed E-state index contributed by atoms with van der Waals surface area (Å²) in [6.45, 7) is -1.72. The molecule has 0 atom stereocenters. The van der Waals surface area contributed by atoms with Crippen LogP contribution in [0.2, 0.25) is 0 Å². The second-order valence-electron chi connectivity index (χ2n) is 5.09. The predicted molar refractivity (Wildman–Crippen MR) is 74.9 cm³/mol. The van der Waals surface area contributed by atoms with E-state index in [9.17, 15) is 17.2 Å². The summed E-state index contributed by atoms with van der Waals surface area (Å²) < 4.78 is 50.3. The molecule has 0 saturated carbocycles. The number of imidazole rings is 1. The van der Waals surface area contributed by atoms with Gasteiger partial charge in [-0.2, -0.15) is 8.78 Å². The topological polar surface area (TPSA) is 55.2 Å². The van der Waals surface area contributed by atoms with Crippen LogP contribution in [-0.2, 0) is 16.4 Å². The predicted octanol–water partition coefficient (Wildman–Crippen LogP) is 1.66. The number of sulfone groups is 1. The van der Waals surface area contributed by atoms with E-state index in [1.54, 1.807) is 24.3 Å². The molecule has 0 unspecified atom stereocenters. The zero-order valence-corrected chi connectivity index (χ0v) is 12.1. The van der Waals surface area contributed by atoms with Crippen LogP contribution in [0.5, 0.6) is 0 Å². The third-order valence-electron chi connectivity index (χ3n) is 3.67. The van der Waals surface area contributed by atoms with Crippen LogP contribution in [-0.4, -0.2) is 47.5 Å². The van der Waals surface area contributed by atoms with Crippen LogP contribution in [0.3, 0.4) is 0 Å². The van der Waals surface area contributed by atoms with Crippen molar-refractivity contribution in [3.8, 4) is 0 Å². The highest BCUT2D eigenvalue weighted by molar-refractivity contribution is 7.91. The number of hydrogen-bond donors (Lipinski definition) is 0. The fraction of sp³-hybridized carbons (Fsp3) is 0.462. The number of halogens is 2. The third-order valence-corrected chi connectivity index (χ3v) is 5.28. The molecule has 2 heterocycles. The lowest BCUT2D eigenvalue weighted by atomic mass is 10.3. The fourth-order valence-corrected chi connectivity index (χ4v) is 3.81. The van der Waals surface area contributed by atoms with Crippen molar-refractivity contribution >= 4 is 20.9 Å². The number of para-hydroxylation sites is 2. The van der Waals surface area contributed by atoms with Gasteiger partial charge in [-0.15, -0.1) is 0 Å². The summed E-state index contributed by atoms with van der Waals surface area (Å²) in [6.07, 6.45) is 0. The van der Waals surface area contributed by atoms with Crippen molar-refractivity contribution in [3.63, 3.8) is 0 Å². The maximum atomic E-state index is 13.3. The number of aromatic nitrogens is 2. The molecule has 0 spiro atoms. The van der Waals surface area contributed by atoms with E-state index in [1.807, 2.05) is 4.90 Å². The minimum absolute atomic E-state index is 0.0713. The summed E-state index contributed by atoms with van der Waals surface area (Å²) in [7, 11) is -2.98. The van der Waals surface area contributed by atoms with Gasteiger partial charge < -0.3 is 0 Å². The van der Waals surface area contributed by atoms with E-state index >= 15 is 0 Å². The molecule has 3 rings (SSSR count). The van der Waals surface area contributed by atoms with Gasteiger partial charge in [-0.05, 0) is 12.1 Å². The molecule has 1 saturated heterocycles. The fourth-order valence-electron chi connectivity index (χ4n) is 2.53. The molecule has 21 heavy (non-hydrogen) atoms. The maximum absolute atomic E-state index is 13.3. The van der Waals surface area contributed by atoms with E-state index < -0.39 is 16.4 Å². The Labute approximate surface area is 121 Å². The average molecular weight is 315 g/mol. The largest absolute Gasteiger partial charge is 0.320 e. The molecular formula is C13H15F2N3O2S. The van der Waals surface area contributed by atoms with Gasteiger partial charge in [0.2, 0.25) is 0 Å². The first-order valence-electron chi connectivity index (χ1n) is 6.63. The second-order valence-corrected chi connectivity index (χ2v) is 7.40. The number of rotatable bonds is 3. The van der Waals surface area contributed by atoms with Gasteiger partial charge in [0.05, 0.1) is 29.1 Å². The SMILES string of the molecule is O=S1(=O)CCN(Cc2nc3ccccc3n2C(F)F)CC1. The average Bonchev–Trinajstić information content (AvgIpc) is 2.79. The van der Waals surface area contributed by atoms with Gasteiger partial charge in [0.1, 0.15) is 5.82 Å². The molecule has 0 bridgehead atoms. The summed E-state index contributed by atoms with van der Waals surface area (Å²) in [6, 6.07) is 6.75. The Morgan fingerprint density at radius 2 is 1.86 bits per heavy atom. The van der Waals surface area contributed by atoms with Crippen molar-refractivity contribution in [1.29, 1.82) is 0 Å². The zero-order valence-electron chi connectivity index (χ0n) is 11.2. The van der Waals surface area contributed by atoms with Crippen molar-refractivity contribution in [2.75, 3.05) is 24.6 Å². The van der Waals surface area contributed by atoms with Gasteiger partial charge in [0.15, 0.2) is 9.84 Å². The lowest BCUT2D eigenvalue weighted by Gasteiger charge is -2.26. The molecule has 0 N–H and O–H groups in total. The van der Waals surface area contributed by atoms with Gasteiger partial charge in [0, 0.05) is 13.1 Å². The zero-order chi connectivity index (χ0) is 15.0. The molecule has 1 aromatic heterocycles. The maximum Gasteiger partial charge on any atom is 0.320 e. The first-order chi connectivity index (χ1) is 9.96. The molecule has 114 valence electrons. The second kappa shape index (κ2) is 5.34. The van der Waals surface area contributed by atoms with Crippen LogP contribution in [0, 0.1) is 0 Å². The molecule has 1 aromatic carbocycles. The minimum atomic E-state index is -2.98. The monoisotopic (exact) mass is 315 g/mol. The van der Waals surface area contributed by atoms with E-state index in [2.05, 4.69) is 4.98 Å². The summed E-state index contributed by atoms with van der Waals surface area (Å²) in [4.78, 5) is 6.10. The van der Waals surface area contributed by atoms with E-state index in [-0.39, 0.29) is 23.9 Å². The van der Waals surface area contributed by atoms with Gasteiger partial charge in [-0.1, -0.05) is 12.1 Å². The highest BCUT2D eigenvalue weighted by Gasteiger charge is 2.24. The summed E-state index contributed by atoms with van der Waals surface area (Å²) in [5.74, 6) is 0.412. The summed E-state index contributed by atoms with van der Waals surface area (Å²) in [5, 5.41) is 0.